The van der Waals surface area contributed by atoms with Crippen LogP contribution in [0, 0.1) is 11.7 Å². The van der Waals surface area contributed by atoms with E-state index in [0.29, 0.717) is 0 Å². The van der Waals surface area contributed by atoms with Crippen LogP contribution in [-0.4, -0.2) is 10.1 Å². The van der Waals surface area contributed by atoms with E-state index in [1.54, 1.807) is 24.5 Å². The Labute approximate surface area is 125 Å². The molecule has 0 aliphatic rings. The second kappa shape index (κ2) is 7.89. The summed E-state index contributed by atoms with van der Waals surface area (Å²) < 4.78 is 13.0. The number of hydrogen-bond acceptors (Lipinski definition) is 2. The molecule has 0 bridgehead atoms. The Morgan fingerprint density at radius 2 is 1.95 bits per heavy atom. The zero-order chi connectivity index (χ0) is 15.1. The zero-order valence-electron chi connectivity index (χ0n) is 12.4. The van der Waals surface area contributed by atoms with Gasteiger partial charge in [0.1, 0.15) is 5.82 Å². The van der Waals surface area contributed by atoms with E-state index in [9.17, 15) is 9.50 Å². The molecule has 1 N–H and O–H groups in total. The highest BCUT2D eigenvalue weighted by molar-refractivity contribution is 5.19. The molecule has 2 unspecified atom stereocenters. The molecule has 0 radical (unpaired) electrons. The first-order valence-corrected chi connectivity index (χ1v) is 7.53. The highest BCUT2D eigenvalue weighted by Crippen LogP contribution is 2.29. The second-order valence-corrected chi connectivity index (χ2v) is 5.46. The summed E-state index contributed by atoms with van der Waals surface area (Å²) >= 11 is 0. The first-order chi connectivity index (χ1) is 10.2. The summed E-state index contributed by atoms with van der Waals surface area (Å²) in [5, 5.41) is 10.6. The van der Waals surface area contributed by atoms with Crippen LogP contribution in [0.5, 0.6) is 0 Å². The summed E-state index contributed by atoms with van der Waals surface area (Å²) in [6.07, 6.45) is 6.75. The smallest absolute Gasteiger partial charge is 0.123 e. The van der Waals surface area contributed by atoms with E-state index in [1.807, 2.05) is 12.1 Å². The molecule has 2 rings (SSSR count). The van der Waals surface area contributed by atoms with Crippen LogP contribution in [0.25, 0.3) is 0 Å². The molecule has 2 atom stereocenters. The maximum Gasteiger partial charge on any atom is 0.123 e. The molecule has 21 heavy (non-hydrogen) atoms. The number of rotatable bonds is 7. The van der Waals surface area contributed by atoms with E-state index in [2.05, 4.69) is 11.9 Å². The van der Waals surface area contributed by atoms with Crippen molar-refractivity contribution < 1.29 is 9.50 Å². The van der Waals surface area contributed by atoms with Crippen LogP contribution in [0.1, 0.15) is 43.4 Å². The molecule has 0 aliphatic carbocycles. The van der Waals surface area contributed by atoms with Crippen molar-refractivity contribution in [2.24, 2.45) is 5.92 Å². The van der Waals surface area contributed by atoms with E-state index >= 15 is 0 Å². The Morgan fingerprint density at radius 1 is 1.19 bits per heavy atom. The van der Waals surface area contributed by atoms with Crippen molar-refractivity contribution in [1.29, 1.82) is 0 Å². The quantitative estimate of drug-likeness (QED) is 0.823. The summed E-state index contributed by atoms with van der Waals surface area (Å²) in [5.41, 5.74) is 1.90. The maximum absolute atomic E-state index is 13.0. The molecule has 2 nitrogen and oxygen atoms in total. The van der Waals surface area contributed by atoms with Crippen molar-refractivity contribution in [3.05, 3.63) is 65.7 Å². The van der Waals surface area contributed by atoms with Gasteiger partial charge in [0, 0.05) is 12.4 Å². The third kappa shape index (κ3) is 4.64. The van der Waals surface area contributed by atoms with E-state index in [4.69, 9.17) is 0 Å². The monoisotopic (exact) mass is 287 g/mol. The molecule has 0 spiro atoms. The lowest BCUT2D eigenvalue weighted by atomic mass is 9.86. The lowest BCUT2D eigenvalue weighted by molar-refractivity contribution is 0.101. The lowest BCUT2D eigenvalue weighted by Crippen LogP contribution is -2.16. The van der Waals surface area contributed by atoms with Crippen LogP contribution in [0.2, 0.25) is 0 Å². The third-order valence-electron chi connectivity index (χ3n) is 3.81. The maximum atomic E-state index is 13.0. The molecule has 0 saturated heterocycles. The molecule has 0 aliphatic heterocycles. The fourth-order valence-corrected chi connectivity index (χ4v) is 2.58. The van der Waals surface area contributed by atoms with Gasteiger partial charge >= 0.3 is 0 Å². The van der Waals surface area contributed by atoms with E-state index in [0.717, 1.165) is 36.8 Å². The first-order valence-electron chi connectivity index (χ1n) is 7.53. The van der Waals surface area contributed by atoms with Crippen molar-refractivity contribution in [2.45, 2.75) is 38.7 Å². The number of halogens is 1. The number of hydrogen-bond donors (Lipinski definition) is 1. The predicted molar refractivity (Wildman–Crippen MR) is 82.3 cm³/mol. The number of aliphatic hydroxyl groups is 1. The Kier molecular flexibility index (Phi) is 5.88. The van der Waals surface area contributed by atoms with Crippen LogP contribution in [0.15, 0.2) is 48.8 Å². The summed E-state index contributed by atoms with van der Waals surface area (Å²) in [5.74, 6) is -0.101. The minimum Gasteiger partial charge on any atom is -0.388 e. The van der Waals surface area contributed by atoms with Crippen LogP contribution in [0.3, 0.4) is 0 Å². The first kappa shape index (κ1) is 15.6. The molecule has 2 aromatic rings. The standard InChI is InChI=1S/C18H22FNO/c1-2-3-5-15(12-14-7-9-17(19)10-8-14)18(21)16-6-4-11-20-13-16/h4,6-11,13,15,18,21H,2-3,5,12H2,1H3. The number of pyridine rings is 1. The van der Waals surface area contributed by atoms with Gasteiger partial charge in [-0.2, -0.15) is 0 Å². The molecular weight excluding hydrogens is 265 g/mol. The van der Waals surface area contributed by atoms with Gasteiger partial charge in [-0.15, -0.1) is 0 Å². The molecule has 1 aromatic carbocycles. The Hall–Kier alpha value is -1.74. The number of nitrogens with zero attached hydrogens (tertiary/aromatic N) is 1. The fourth-order valence-electron chi connectivity index (χ4n) is 2.58. The van der Waals surface area contributed by atoms with Gasteiger partial charge in [0.15, 0.2) is 0 Å². The average molecular weight is 287 g/mol. The van der Waals surface area contributed by atoms with Crippen LogP contribution in [-0.2, 0) is 6.42 Å². The molecule has 0 saturated carbocycles. The van der Waals surface area contributed by atoms with E-state index in [1.165, 1.54) is 12.1 Å². The minimum absolute atomic E-state index is 0.125. The average Bonchev–Trinajstić information content (AvgIpc) is 2.53. The zero-order valence-corrected chi connectivity index (χ0v) is 12.4. The van der Waals surface area contributed by atoms with Gasteiger partial charge in [-0.05, 0) is 48.1 Å². The molecular formula is C18H22FNO. The van der Waals surface area contributed by atoms with E-state index in [-0.39, 0.29) is 11.7 Å². The predicted octanol–water partition coefficient (Wildman–Crippen LogP) is 4.30. The second-order valence-electron chi connectivity index (χ2n) is 5.46. The topological polar surface area (TPSA) is 33.1 Å². The van der Waals surface area contributed by atoms with Gasteiger partial charge in [-0.1, -0.05) is 38.0 Å². The highest BCUT2D eigenvalue weighted by Gasteiger charge is 2.21. The van der Waals surface area contributed by atoms with Gasteiger partial charge in [0.2, 0.25) is 0 Å². The van der Waals surface area contributed by atoms with E-state index < -0.39 is 6.10 Å². The SMILES string of the molecule is CCCCC(Cc1ccc(F)cc1)C(O)c1cccnc1. The summed E-state index contributed by atoms with van der Waals surface area (Å²) in [6.45, 7) is 2.14. The van der Waals surface area contributed by atoms with Crippen LogP contribution in [0.4, 0.5) is 4.39 Å². The molecule has 1 heterocycles. The van der Waals surface area contributed by atoms with Crippen LogP contribution < -0.4 is 0 Å². The van der Waals surface area contributed by atoms with Gasteiger partial charge in [-0.25, -0.2) is 4.39 Å². The molecule has 1 aromatic heterocycles. The number of aromatic nitrogens is 1. The fraction of sp³-hybridized carbons (Fsp3) is 0.389. The molecule has 112 valence electrons. The summed E-state index contributed by atoms with van der Waals surface area (Å²) in [6, 6.07) is 10.3. The van der Waals surface area contributed by atoms with Crippen molar-refractivity contribution in [1.82, 2.24) is 4.98 Å². The van der Waals surface area contributed by atoms with Gasteiger partial charge in [-0.3, -0.25) is 4.98 Å². The summed E-state index contributed by atoms with van der Waals surface area (Å²) in [4.78, 5) is 4.08. The lowest BCUT2D eigenvalue weighted by Gasteiger charge is -2.23. The van der Waals surface area contributed by atoms with Crippen molar-refractivity contribution in [2.75, 3.05) is 0 Å². The largest absolute Gasteiger partial charge is 0.388 e. The Morgan fingerprint density at radius 3 is 2.57 bits per heavy atom. The number of aliphatic hydroxyl groups excluding tert-OH is 1. The Balaban J connectivity index is 2.11. The molecule has 0 amide bonds. The van der Waals surface area contributed by atoms with Gasteiger partial charge < -0.3 is 5.11 Å². The van der Waals surface area contributed by atoms with Gasteiger partial charge in [0.25, 0.3) is 0 Å². The van der Waals surface area contributed by atoms with Crippen molar-refractivity contribution in [3.8, 4) is 0 Å². The van der Waals surface area contributed by atoms with Gasteiger partial charge in [0.05, 0.1) is 6.10 Å². The Bertz CT molecular complexity index is 527. The molecule has 0 fully saturated rings. The highest BCUT2D eigenvalue weighted by atomic mass is 19.1. The summed E-state index contributed by atoms with van der Waals surface area (Å²) in [7, 11) is 0. The number of unbranched alkanes of at least 4 members (excludes halogenated alkanes) is 1. The number of benzene rings is 1. The molecule has 3 heteroatoms. The normalized spacial score (nSPS) is 13.9. The van der Waals surface area contributed by atoms with Crippen molar-refractivity contribution >= 4 is 0 Å². The minimum atomic E-state index is -0.532. The van der Waals surface area contributed by atoms with Crippen molar-refractivity contribution in [3.63, 3.8) is 0 Å². The third-order valence-corrected chi connectivity index (χ3v) is 3.81. The van der Waals surface area contributed by atoms with Crippen LogP contribution >= 0.6 is 0 Å².